The van der Waals surface area contributed by atoms with E-state index >= 15 is 0 Å². The van der Waals surface area contributed by atoms with Crippen LogP contribution in [-0.4, -0.2) is 58.7 Å². The van der Waals surface area contributed by atoms with Crippen molar-refractivity contribution in [2.24, 2.45) is 5.92 Å². The summed E-state index contributed by atoms with van der Waals surface area (Å²) < 4.78 is 6.20. The van der Waals surface area contributed by atoms with E-state index < -0.39 is 0 Å². The van der Waals surface area contributed by atoms with Crippen LogP contribution in [0.4, 0.5) is 5.95 Å². The third-order valence-corrected chi connectivity index (χ3v) is 5.13. The van der Waals surface area contributed by atoms with E-state index in [1.807, 2.05) is 31.7 Å². The first kappa shape index (κ1) is 16.4. The lowest BCUT2D eigenvalue weighted by Crippen LogP contribution is -2.47. The molecule has 0 bridgehead atoms. The Kier molecular flexibility index (Phi) is 4.90. The molecule has 2 aliphatic heterocycles. The van der Waals surface area contributed by atoms with Crippen LogP contribution in [0.15, 0.2) is 36.9 Å². The van der Waals surface area contributed by atoms with Crippen LogP contribution in [0.2, 0.25) is 0 Å². The van der Waals surface area contributed by atoms with Crippen LogP contribution in [-0.2, 0) is 11.3 Å². The van der Waals surface area contributed by atoms with Crippen LogP contribution < -0.4 is 4.90 Å². The first-order chi connectivity index (χ1) is 12.3. The lowest BCUT2D eigenvalue weighted by molar-refractivity contribution is 0.0249. The summed E-state index contributed by atoms with van der Waals surface area (Å²) in [5, 5.41) is 0. The average Bonchev–Trinajstić information content (AvgIpc) is 2.84. The number of aryl methyl sites for hydroxylation is 1. The molecule has 25 heavy (non-hydrogen) atoms. The number of pyridine rings is 1. The van der Waals surface area contributed by atoms with Gasteiger partial charge in [0.15, 0.2) is 0 Å². The zero-order chi connectivity index (χ0) is 17.1. The van der Waals surface area contributed by atoms with Crippen LogP contribution >= 0.6 is 0 Å². The van der Waals surface area contributed by atoms with Crippen molar-refractivity contribution in [2.75, 3.05) is 37.7 Å². The Hall–Kier alpha value is -2.05. The molecule has 6 heteroatoms. The number of anilines is 1. The summed E-state index contributed by atoms with van der Waals surface area (Å²) in [6.07, 6.45) is 8.90. The van der Waals surface area contributed by atoms with Crippen LogP contribution in [0.5, 0.6) is 0 Å². The van der Waals surface area contributed by atoms with Gasteiger partial charge in [-0.15, -0.1) is 0 Å². The van der Waals surface area contributed by atoms with Gasteiger partial charge in [0.05, 0.1) is 12.7 Å². The van der Waals surface area contributed by atoms with E-state index in [4.69, 9.17) is 4.74 Å². The van der Waals surface area contributed by atoms with E-state index in [-0.39, 0.29) is 6.10 Å². The lowest BCUT2D eigenvalue weighted by atomic mass is 9.93. The van der Waals surface area contributed by atoms with E-state index in [9.17, 15) is 0 Å². The van der Waals surface area contributed by atoms with Crippen molar-refractivity contribution in [1.82, 2.24) is 19.9 Å². The van der Waals surface area contributed by atoms with Gasteiger partial charge in [0.2, 0.25) is 5.95 Å². The monoisotopic (exact) mass is 339 g/mol. The smallest absolute Gasteiger partial charge is 0.225 e. The molecule has 6 nitrogen and oxygen atoms in total. The van der Waals surface area contributed by atoms with Crippen molar-refractivity contribution in [3.05, 3.63) is 48.0 Å². The normalized spacial score (nSPS) is 24.6. The van der Waals surface area contributed by atoms with E-state index in [0.29, 0.717) is 5.92 Å². The zero-order valence-corrected chi connectivity index (χ0v) is 14.7. The van der Waals surface area contributed by atoms with Gasteiger partial charge in [0.25, 0.3) is 0 Å². The van der Waals surface area contributed by atoms with Crippen molar-refractivity contribution < 1.29 is 4.74 Å². The molecule has 2 aromatic heterocycles. The van der Waals surface area contributed by atoms with Crippen molar-refractivity contribution in [2.45, 2.75) is 26.0 Å². The third-order valence-electron chi connectivity index (χ3n) is 5.13. The Morgan fingerprint density at radius 3 is 2.72 bits per heavy atom. The van der Waals surface area contributed by atoms with Crippen LogP contribution in [0.3, 0.4) is 0 Å². The summed E-state index contributed by atoms with van der Waals surface area (Å²) in [6, 6.07) is 4.20. The number of fused-ring (bicyclic) bond motifs is 1. The van der Waals surface area contributed by atoms with Crippen molar-refractivity contribution >= 4 is 5.95 Å². The molecule has 0 aliphatic carbocycles. The Morgan fingerprint density at radius 1 is 1.12 bits per heavy atom. The highest BCUT2D eigenvalue weighted by molar-refractivity contribution is 5.31. The Balaban J connectivity index is 1.39. The predicted molar refractivity (Wildman–Crippen MR) is 96.3 cm³/mol. The fourth-order valence-corrected chi connectivity index (χ4v) is 3.74. The minimum atomic E-state index is 0.265. The number of hydrogen-bond acceptors (Lipinski definition) is 6. The SMILES string of the molecule is Cc1cnc(N2CC[C@@H]3CN(Cc4ccncc4)CCO[C@H]3C2)nc1. The molecule has 0 aromatic carbocycles. The van der Waals surface area contributed by atoms with Gasteiger partial charge in [0, 0.05) is 63.4 Å². The maximum atomic E-state index is 6.20. The van der Waals surface area contributed by atoms with Gasteiger partial charge < -0.3 is 9.64 Å². The maximum Gasteiger partial charge on any atom is 0.225 e. The molecule has 0 radical (unpaired) electrons. The lowest BCUT2D eigenvalue weighted by Gasteiger charge is -2.38. The first-order valence-corrected chi connectivity index (χ1v) is 9.04. The highest BCUT2D eigenvalue weighted by Crippen LogP contribution is 2.26. The first-order valence-electron chi connectivity index (χ1n) is 9.04. The van der Waals surface area contributed by atoms with E-state index in [0.717, 1.165) is 57.3 Å². The van der Waals surface area contributed by atoms with Crippen LogP contribution in [0, 0.1) is 12.8 Å². The highest BCUT2D eigenvalue weighted by Gasteiger charge is 2.34. The summed E-state index contributed by atoms with van der Waals surface area (Å²) in [7, 11) is 0. The summed E-state index contributed by atoms with van der Waals surface area (Å²) in [4.78, 5) is 17.8. The van der Waals surface area contributed by atoms with E-state index in [1.165, 1.54) is 5.56 Å². The molecule has 0 spiro atoms. The predicted octanol–water partition coefficient (Wildman–Crippen LogP) is 1.91. The Labute approximate surface area is 148 Å². The Bertz CT molecular complexity index is 678. The second-order valence-corrected chi connectivity index (χ2v) is 7.06. The summed E-state index contributed by atoms with van der Waals surface area (Å²) in [5.41, 5.74) is 2.41. The molecular formula is C19H25N5O. The molecule has 2 aliphatic rings. The molecule has 0 N–H and O–H groups in total. The van der Waals surface area contributed by atoms with E-state index in [1.54, 1.807) is 0 Å². The number of ether oxygens (including phenoxy) is 1. The van der Waals surface area contributed by atoms with Crippen LogP contribution in [0.1, 0.15) is 17.5 Å². The Morgan fingerprint density at radius 2 is 1.92 bits per heavy atom. The molecular weight excluding hydrogens is 314 g/mol. The second-order valence-electron chi connectivity index (χ2n) is 7.06. The number of nitrogens with zero attached hydrogens (tertiary/aromatic N) is 5. The molecule has 0 unspecified atom stereocenters. The number of aromatic nitrogens is 3. The van der Waals surface area contributed by atoms with Gasteiger partial charge in [-0.05, 0) is 36.6 Å². The van der Waals surface area contributed by atoms with Crippen molar-refractivity contribution in [3.8, 4) is 0 Å². The largest absolute Gasteiger partial charge is 0.375 e. The molecule has 2 saturated heterocycles. The molecule has 4 heterocycles. The van der Waals surface area contributed by atoms with Gasteiger partial charge in [-0.25, -0.2) is 9.97 Å². The van der Waals surface area contributed by atoms with Gasteiger partial charge in [-0.2, -0.15) is 0 Å². The van der Waals surface area contributed by atoms with Gasteiger partial charge >= 0.3 is 0 Å². The van der Waals surface area contributed by atoms with Crippen molar-refractivity contribution in [3.63, 3.8) is 0 Å². The van der Waals surface area contributed by atoms with Gasteiger partial charge in [-0.1, -0.05) is 0 Å². The molecule has 0 amide bonds. The fourth-order valence-electron chi connectivity index (χ4n) is 3.74. The minimum absolute atomic E-state index is 0.265. The van der Waals surface area contributed by atoms with Gasteiger partial charge in [0.1, 0.15) is 0 Å². The minimum Gasteiger partial charge on any atom is -0.375 e. The summed E-state index contributed by atoms with van der Waals surface area (Å²) in [6.45, 7) is 7.73. The van der Waals surface area contributed by atoms with Crippen LogP contribution in [0.25, 0.3) is 0 Å². The molecule has 132 valence electrons. The molecule has 0 saturated carbocycles. The second kappa shape index (κ2) is 7.45. The highest BCUT2D eigenvalue weighted by atomic mass is 16.5. The average molecular weight is 339 g/mol. The van der Waals surface area contributed by atoms with Gasteiger partial charge in [-0.3, -0.25) is 9.88 Å². The molecule has 2 atom stereocenters. The standard InChI is InChI=1S/C19H25N5O/c1-15-10-21-19(22-11-15)24-7-4-17-13-23(8-9-25-18(17)14-24)12-16-2-5-20-6-3-16/h2-3,5-6,10-11,17-18H,4,7-9,12-14H2,1H3/t17-,18+/m1/s1. The topological polar surface area (TPSA) is 54.4 Å². The number of piperidine rings is 1. The molecule has 4 rings (SSSR count). The molecule has 2 fully saturated rings. The fraction of sp³-hybridized carbons (Fsp3) is 0.526. The maximum absolute atomic E-state index is 6.20. The summed E-state index contributed by atoms with van der Waals surface area (Å²) in [5.74, 6) is 1.40. The molecule has 2 aromatic rings. The third kappa shape index (κ3) is 3.96. The quantitative estimate of drug-likeness (QED) is 0.851. The van der Waals surface area contributed by atoms with Crippen molar-refractivity contribution in [1.29, 1.82) is 0 Å². The van der Waals surface area contributed by atoms with E-state index in [2.05, 4.69) is 36.9 Å². The number of hydrogen-bond donors (Lipinski definition) is 0. The zero-order valence-electron chi connectivity index (χ0n) is 14.7. The summed E-state index contributed by atoms with van der Waals surface area (Å²) >= 11 is 0. The number of rotatable bonds is 3.